The maximum absolute atomic E-state index is 8.90. The summed E-state index contributed by atoms with van der Waals surface area (Å²) in [6.45, 7) is 2.56. The standard InChI is InChI=1S/C14H12ClN3O/c1-2-19-12-5-3-11(4-6-12)18-14-13(15)10(9-16)7-8-17-14/h3-8H,2H2,1H3,(H,17,18). The lowest BCUT2D eigenvalue weighted by atomic mass is 10.2. The SMILES string of the molecule is CCOc1ccc(Nc2nccc(C#N)c2Cl)cc1. The van der Waals surface area contributed by atoms with Gasteiger partial charge in [0.05, 0.1) is 12.2 Å². The Kier molecular flexibility index (Phi) is 4.22. The minimum Gasteiger partial charge on any atom is -0.494 e. The van der Waals surface area contributed by atoms with Gasteiger partial charge >= 0.3 is 0 Å². The van der Waals surface area contributed by atoms with Crippen molar-refractivity contribution < 1.29 is 4.74 Å². The van der Waals surface area contributed by atoms with Gasteiger partial charge in [0.15, 0.2) is 5.82 Å². The molecule has 19 heavy (non-hydrogen) atoms. The van der Waals surface area contributed by atoms with E-state index in [1.807, 2.05) is 37.3 Å². The number of rotatable bonds is 4. The highest BCUT2D eigenvalue weighted by molar-refractivity contribution is 6.34. The molecule has 0 aliphatic rings. The van der Waals surface area contributed by atoms with E-state index in [2.05, 4.69) is 10.3 Å². The van der Waals surface area contributed by atoms with Crippen molar-refractivity contribution in [3.05, 3.63) is 47.1 Å². The summed E-state index contributed by atoms with van der Waals surface area (Å²) in [5, 5.41) is 12.3. The highest BCUT2D eigenvalue weighted by Crippen LogP contribution is 2.26. The van der Waals surface area contributed by atoms with E-state index < -0.39 is 0 Å². The van der Waals surface area contributed by atoms with Gasteiger partial charge < -0.3 is 10.1 Å². The first kappa shape index (κ1) is 13.2. The van der Waals surface area contributed by atoms with E-state index in [4.69, 9.17) is 21.6 Å². The second-order valence-electron chi connectivity index (χ2n) is 3.72. The Morgan fingerprint density at radius 3 is 2.68 bits per heavy atom. The molecule has 0 saturated carbocycles. The van der Waals surface area contributed by atoms with Crippen molar-refractivity contribution >= 4 is 23.1 Å². The van der Waals surface area contributed by atoms with Gasteiger partial charge in [0.25, 0.3) is 0 Å². The van der Waals surface area contributed by atoms with E-state index in [1.54, 1.807) is 12.3 Å². The Hall–Kier alpha value is -2.25. The summed E-state index contributed by atoms with van der Waals surface area (Å²) in [5.74, 6) is 1.27. The van der Waals surface area contributed by atoms with Crippen molar-refractivity contribution in [2.45, 2.75) is 6.92 Å². The maximum atomic E-state index is 8.90. The third-order valence-corrected chi connectivity index (χ3v) is 2.82. The first-order valence-corrected chi connectivity index (χ1v) is 6.17. The summed E-state index contributed by atoms with van der Waals surface area (Å²) in [6, 6.07) is 11.0. The van der Waals surface area contributed by atoms with Gasteiger partial charge in [-0.15, -0.1) is 0 Å². The molecule has 5 heteroatoms. The van der Waals surface area contributed by atoms with Crippen molar-refractivity contribution in [2.24, 2.45) is 0 Å². The van der Waals surface area contributed by atoms with Crippen LogP contribution in [0, 0.1) is 11.3 Å². The highest BCUT2D eigenvalue weighted by Gasteiger charge is 2.07. The van der Waals surface area contributed by atoms with Crippen molar-refractivity contribution in [3.8, 4) is 11.8 Å². The van der Waals surface area contributed by atoms with E-state index in [0.29, 0.717) is 23.0 Å². The molecule has 0 spiro atoms. The van der Waals surface area contributed by atoms with Crippen molar-refractivity contribution in [1.82, 2.24) is 4.98 Å². The van der Waals surface area contributed by atoms with Crippen LogP contribution in [0.25, 0.3) is 0 Å². The van der Waals surface area contributed by atoms with E-state index in [9.17, 15) is 0 Å². The van der Waals surface area contributed by atoms with Gasteiger partial charge in [-0.25, -0.2) is 4.98 Å². The zero-order valence-electron chi connectivity index (χ0n) is 10.4. The maximum Gasteiger partial charge on any atom is 0.150 e. The van der Waals surface area contributed by atoms with Gasteiger partial charge in [-0.2, -0.15) is 5.26 Å². The van der Waals surface area contributed by atoms with Crippen LogP contribution >= 0.6 is 11.6 Å². The highest BCUT2D eigenvalue weighted by atomic mass is 35.5. The fraction of sp³-hybridized carbons (Fsp3) is 0.143. The first-order valence-electron chi connectivity index (χ1n) is 5.79. The van der Waals surface area contributed by atoms with Crippen LogP contribution in [0.15, 0.2) is 36.5 Å². The minimum atomic E-state index is 0.318. The van der Waals surface area contributed by atoms with Crippen molar-refractivity contribution in [3.63, 3.8) is 0 Å². The Morgan fingerprint density at radius 1 is 1.32 bits per heavy atom. The molecule has 1 heterocycles. The van der Waals surface area contributed by atoms with E-state index >= 15 is 0 Å². The molecule has 0 bridgehead atoms. The van der Waals surface area contributed by atoms with Gasteiger partial charge in [-0.3, -0.25) is 0 Å². The average Bonchev–Trinajstić information content (AvgIpc) is 2.43. The molecule has 0 atom stereocenters. The second kappa shape index (κ2) is 6.07. The summed E-state index contributed by atoms with van der Waals surface area (Å²) >= 11 is 6.07. The minimum absolute atomic E-state index is 0.318. The van der Waals surface area contributed by atoms with Crippen LogP contribution in [0.1, 0.15) is 12.5 Å². The Bertz CT molecular complexity index is 605. The monoisotopic (exact) mass is 273 g/mol. The number of aromatic nitrogens is 1. The number of hydrogen-bond donors (Lipinski definition) is 1. The molecule has 96 valence electrons. The third kappa shape index (κ3) is 3.15. The Morgan fingerprint density at radius 2 is 2.05 bits per heavy atom. The summed E-state index contributed by atoms with van der Waals surface area (Å²) < 4.78 is 5.36. The van der Waals surface area contributed by atoms with E-state index in [-0.39, 0.29) is 0 Å². The van der Waals surface area contributed by atoms with Gasteiger partial charge in [-0.05, 0) is 37.3 Å². The fourth-order valence-electron chi connectivity index (χ4n) is 1.56. The summed E-state index contributed by atoms with van der Waals surface area (Å²) in [5.41, 5.74) is 1.22. The lowest BCUT2D eigenvalue weighted by Gasteiger charge is -2.09. The molecule has 0 fully saturated rings. The van der Waals surface area contributed by atoms with Crippen LogP contribution in [-0.4, -0.2) is 11.6 Å². The largest absolute Gasteiger partial charge is 0.494 e. The topological polar surface area (TPSA) is 57.9 Å². The molecule has 2 aromatic rings. The molecule has 2 rings (SSSR count). The summed E-state index contributed by atoms with van der Waals surface area (Å²) in [6.07, 6.45) is 1.54. The smallest absolute Gasteiger partial charge is 0.150 e. The molecule has 1 aromatic carbocycles. The molecule has 4 nitrogen and oxygen atoms in total. The average molecular weight is 274 g/mol. The van der Waals surface area contributed by atoms with E-state index in [1.165, 1.54) is 0 Å². The molecule has 1 N–H and O–H groups in total. The van der Waals surface area contributed by atoms with Crippen LogP contribution in [0.3, 0.4) is 0 Å². The number of nitrogens with zero attached hydrogens (tertiary/aromatic N) is 2. The predicted molar refractivity (Wildman–Crippen MR) is 74.9 cm³/mol. The number of halogens is 1. The molecule has 0 unspecified atom stereocenters. The number of nitriles is 1. The summed E-state index contributed by atoms with van der Waals surface area (Å²) in [4.78, 5) is 4.12. The van der Waals surface area contributed by atoms with Crippen LogP contribution in [0.2, 0.25) is 5.02 Å². The molecule has 0 radical (unpaired) electrons. The number of hydrogen-bond acceptors (Lipinski definition) is 4. The van der Waals surface area contributed by atoms with Gasteiger partial charge in [-0.1, -0.05) is 11.6 Å². The van der Waals surface area contributed by atoms with Crippen molar-refractivity contribution in [1.29, 1.82) is 5.26 Å². The van der Waals surface area contributed by atoms with Crippen molar-refractivity contribution in [2.75, 3.05) is 11.9 Å². The first-order chi connectivity index (χ1) is 9.24. The number of pyridine rings is 1. The Labute approximate surface area is 116 Å². The molecule has 1 aromatic heterocycles. The number of ether oxygens (including phenoxy) is 1. The summed E-state index contributed by atoms with van der Waals surface area (Å²) in [7, 11) is 0. The zero-order chi connectivity index (χ0) is 13.7. The number of anilines is 2. The molecule has 0 aliphatic heterocycles. The number of nitrogens with one attached hydrogen (secondary N) is 1. The zero-order valence-corrected chi connectivity index (χ0v) is 11.1. The molecule has 0 saturated heterocycles. The van der Waals surface area contributed by atoms with E-state index in [0.717, 1.165) is 11.4 Å². The lowest BCUT2D eigenvalue weighted by molar-refractivity contribution is 0.340. The van der Waals surface area contributed by atoms with Crippen LogP contribution in [-0.2, 0) is 0 Å². The quantitative estimate of drug-likeness (QED) is 0.922. The second-order valence-corrected chi connectivity index (χ2v) is 4.09. The normalized spacial score (nSPS) is 9.74. The molecular weight excluding hydrogens is 262 g/mol. The Balaban J connectivity index is 2.19. The molecular formula is C14H12ClN3O. The van der Waals surface area contributed by atoms with Gasteiger partial charge in [0.2, 0.25) is 0 Å². The lowest BCUT2D eigenvalue weighted by Crippen LogP contribution is -1.96. The van der Waals surface area contributed by atoms with Crippen LogP contribution in [0.5, 0.6) is 5.75 Å². The fourth-order valence-corrected chi connectivity index (χ4v) is 1.76. The van der Waals surface area contributed by atoms with Crippen LogP contribution < -0.4 is 10.1 Å². The predicted octanol–water partition coefficient (Wildman–Crippen LogP) is 3.75. The molecule has 0 aliphatic carbocycles. The van der Waals surface area contributed by atoms with Gasteiger partial charge in [0.1, 0.15) is 16.8 Å². The third-order valence-electron chi connectivity index (χ3n) is 2.44. The van der Waals surface area contributed by atoms with Crippen LogP contribution in [0.4, 0.5) is 11.5 Å². The van der Waals surface area contributed by atoms with Gasteiger partial charge in [0, 0.05) is 11.9 Å². The molecule has 0 amide bonds. The number of benzene rings is 1.